The summed E-state index contributed by atoms with van der Waals surface area (Å²) in [4.78, 5) is 47.9. The van der Waals surface area contributed by atoms with Crippen LogP contribution >= 0.6 is 11.8 Å². The van der Waals surface area contributed by atoms with Crippen molar-refractivity contribution in [3.63, 3.8) is 0 Å². The summed E-state index contributed by atoms with van der Waals surface area (Å²) in [5.41, 5.74) is 10.6. The van der Waals surface area contributed by atoms with Gasteiger partial charge in [-0.1, -0.05) is 0 Å². The first kappa shape index (κ1) is 33.7. The largest absolute Gasteiger partial charge is 1.00 e. The molecule has 0 aromatic heterocycles. The first-order valence-corrected chi connectivity index (χ1v) is 9.74. The summed E-state index contributed by atoms with van der Waals surface area (Å²) in [5, 5.41) is 31.7. The standard InChI is InChI=1S/C7H11N3O6.C6H10N2O5.CNO.ClH2N.K/c8-7(11)9-3-1-14-6-4(16-10(12)13)2-15-5(3)6;7-3-1-11-6-4(13-8(9)10)2-12-5(3)6;2-1-3;1-2;/h3-6H,1-2H2,(H3,8,9,11);3-6H,1-2,7H2;;2H2;/q;;-1;;+1/t2*3-,4+,5+,6+;;;/m00.../s1. The number of carbonyl (C=O) groups excluding carboxylic acids is 2. The Kier molecular flexibility index (Phi) is 16.6. The van der Waals surface area contributed by atoms with Gasteiger partial charge in [-0.25, -0.2) is 10.0 Å². The van der Waals surface area contributed by atoms with E-state index in [0.29, 0.717) is 12.7 Å². The molecule has 35 heavy (non-hydrogen) atoms. The van der Waals surface area contributed by atoms with Crippen molar-refractivity contribution in [3.8, 4) is 0 Å². The molecule has 4 fully saturated rings. The fourth-order valence-corrected chi connectivity index (χ4v) is 3.67. The Labute approximate surface area is 244 Å². The second-order valence-electron chi connectivity index (χ2n) is 6.80. The monoisotopic (exact) mass is 555 g/mol. The fraction of sp³-hybridized carbons (Fsp3) is 0.857. The predicted molar refractivity (Wildman–Crippen MR) is 106 cm³/mol. The molecule has 4 heterocycles. The third-order valence-corrected chi connectivity index (χ3v) is 4.82. The van der Waals surface area contributed by atoms with Gasteiger partial charge in [-0.2, -0.15) is 0 Å². The molecule has 0 aromatic rings. The normalized spacial score (nSPS) is 33.2. The van der Waals surface area contributed by atoms with Crippen molar-refractivity contribution >= 4 is 23.9 Å². The van der Waals surface area contributed by atoms with Crippen LogP contribution in [0, 0.1) is 20.2 Å². The Morgan fingerprint density at radius 2 is 1.34 bits per heavy atom. The smallest absolute Gasteiger partial charge is 0.724 e. The number of halogens is 1. The number of amides is 2. The van der Waals surface area contributed by atoms with Crippen molar-refractivity contribution in [3.05, 3.63) is 25.6 Å². The molecule has 8 atom stereocenters. The summed E-state index contributed by atoms with van der Waals surface area (Å²) in [6, 6.07) is -1.27. The van der Waals surface area contributed by atoms with Crippen molar-refractivity contribution in [2.24, 2.45) is 16.7 Å². The van der Waals surface area contributed by atoms with E-state index in [-0.39, 0.29) is 95.5 Å². The number of urea groups is 1. The van der Waals surface area contributed by atoms with Crippen molar-refractivity contribution in [2.45, 2.75) is 48.7 Å². The van der Waals surface area contributed by atoms with E-state index >= 15 is 0 Å². The van der Waals surface area contributed by atoms with Crippen LogP contribution in [0.3, 0.4) is 0 Å². The van der Waals surface area contributed by atoms with Crippen LogP contribution < -0.4 is 73.4 Å². The molecule has 0 unspecified atom stereocenters. The van der Waals surface area contributed by atoms with Crippen LogP contribution in [-0.2, 0) is 33.4 Å². The summed E-state index contributed by atoms with van der Waals surface area (Å²) in [7, 11) is 0. The zero-order chi connectivity index (χ0) is 25.8. The molecular formula is C14H23ClKN7O12. The molecule has 21 heteroatoms. The number of nitrogens with two attached hydrogens (primary N) is 3. The van der Waals surface area contributed by atoms with Crippen LogP contribution in [0.15, 0.2) is 0 Å². The fourth-order valence-electron chi connectivity index (χ4n) is 3.67. The first-order chi connectivity index (χ1) is 16.2. The van der Waals surface area contributed by atoms with Gasteiger partial charge in [-0.15, -0.1) is 20.2 Å². The van der Waals surface area contributed by atoms with E-state index in [1.165, 1.54) is 0 Å². The van der Waals surface area contributed by atoms with Crippen LogP contribution in [0.1, 0.15) is 0 Å². The molecule has 19 nitrogen and oxygen atoms in total. The van der Waals surface area contributed by atoms with Gasteiger partial charge in [0.05, 0.1) is 38.5 Å². The maximum absolute atomic E-state index is 10.7. The zero-order valence-corrected chi connectivity index (χ0v) is 22.2. The summed E-state index contributed by atoms with van der Waals surface area (Å²) in [6.45, 7) is 0.806. The second kappa shape index (κ2) is 17.2. The minimum absolute atomic E-state index is 0. The number of fused-ring (bicyclic) bond motifs is 2. The molecule has 0 aliphatic carbocycles. The first-order valence-electron chi connectivity index (χ1n) is 9.31. The third-order valence-electron chi connectivity index (χ3n) is 4.82. The van der Waals surface area contributed by atoms with Gasteiger partial charge in [0.2, 0.25) is 0 Å². The van der Waals surface area contributed by atoms with Gasteiger partial charge >= 0.3 is 57.4 Å². The summed E-state index contributed by atoms with van der Waals surface area (Å²) in [5.74, 6) is 0. The molecule has 0 radical (unpaired) electrons. The minimum Gasteiger partial charge on any atom is -0.724 e. The number of hydrogen-bond acceptors (Lipinski definition) is 14. The molecule has 2 amide bonds. The van der Waals surface area contributed by atoms with Gasteiger partial charge in [-0.3, -0.25) is 4.79 Å². The minimum atomic E-state index is -0.880. The van der Waals surface area contributed by atoms with Gasteiger partial charge in [0.15, 0.2) is 12.2 Å². The van der Waals surface area contributed by atoms with Crippen molar-refractivity contribution in [1.82, 2.24) is 5.32 Å². The molecule has 0 bridgehead atoms. The van der Waals surface area contributed by atoms with Crippen molar-refractivity contribution in [1.29, 1.82) is 0 Å². The SMILES string of the molecule is NC(=O)N[C@H]1CO[C@H]2[C@@H]1OC[C@H]2O[N+](=O)[O-].NCl.N[C@H]1CO[C@H]2[C@@H]1OC[C@H]2O[N+](=O)[O-].[K+].[N-]=C=O. The van der Waals surface area contributed by atoms with E-state index in [9.17, 15) is 25.0 Å². The van der Waals surface area contributed by atoms with Crippen LogP contribution in [0.4, 0.5) is 4.79 Å². The van der Waals surface area contributed by atoms with Gasteiger partial charge in [0, 0.05) is 0 Å². The molecule has 0 spiro atoms. The number of ether oxygens (including phenoxy) is 4. The Balaban J connectivity index is 0.000000552. The number of hydrogen-bond donors (Lipinski definition) is 4. The number of isocyanates is 1. The molecular weight excluding hydrogens is 533 g/mol. The Morgan fingerprint density at radius 1 is 0.943 bits per heavy atom. The van der Waals surface area contributed by atoms with Crippen LogP contribution in [0.2, 0.25) is 0 Å². The van der Waals surface area contributed by atoms with Crippen molar-refractivity contribution < 1.29 is 99.8 Å². The van der Waals surface area contributed by atoms with E-state index in [1.54, 1.807) is 0 Å². The zero-order valence-electron chi connectivity index (χ0n) is 18.3. The maximum atomic E-state index is 10.7. The molecule has 4 aliphatic rings. The van der Waals surface area contributed by atoms with Crippen molar-refractivity contribution in [2.75, 3.05) is 26.4 Å². The van der Waals surface area contributed by atoms with Crippen LogP contribution in [0.5, 0.6) is 0 Å². The molecule has 0 aromatic carbocycles. The average molecular weight is 556 g/mol. The molecule has 4 aliphatic heterocycles. The predicted octanol–water partition coefficient (Wildman–Crippen LogP) is -5.92. The number of primary amides is 1. The van der Waals surface area contributed by atoms with Crippen LogP contribution in [-0.4, -0.2) is 97.4 Å². The molecule has 4 rings (SSSR count). The average Bonchev–Trinajstić information content (AvgIpc) is 3.51. The Hall–Kier alpha value is -1.26. The van der Waals surface area contributed by atoms with Gasteiger partial charge in [0.25, 0.3) is 10.2 Å². The summed E-state index contributed by atoms with van der Waals surface area (Å²) < 4.78 is 21.0. The van der Waals surface area contributed by atoms with E-state index < -0.39 is 40.6 Å². The molecule has 4 saturated heterocycles. The Morgan fingerprint density at radius 3 is 1.80 bits per heavy atom. The number of carbonyl (C=O) groups is 1. The topological polar surface area (TPSA) is 288 Å². The van der Waals surface area contributed by atoms with E-state index in [0.717, 1.165) is 0 Å². The molecule has 194 valence electrons. The number of rotatable bonds is 5. The quantitative estimate of drug-likeness (QED) is 0.0613. The summed E-state index contributed by atoms with van der Waals surface area (Å²) in [6.07, 6.45) is -2.52. The Bertz CT molecular complexity index is 706. The van der Waals surface area contributed by atoms with E-state index in [2.05, 4.69) is 32.0 Å². The third kappa shape index (κ3) is 10.3. The number of nitrogens with zero attached hydrogens (tertiary/aromatic N) is 3. The number of nitrogens with one attached hydrogen (secondary N) is 1. The van der Waals surface area contributed by atoms with Gasteiger partial charge in [-0.05, 0) is 17.9 Å². The maximum Gasteiger partial charge on any atom is 1.00 e. The second-order valence-corrected chi connectivity index (χ2v) is 6.80. The molecule has 0 saturated carbocycles. The van der Waals surface area contributed by atoms with E-state index in [1.807, 2.05) is 0 Å². The van der Waals surface area contributed by atoms with E-state index in [4.69, 9.17) is 40.6 Å². The summed E-state index contributed by atoms with van der Waals surface area (Å²) >= 11 is 4.14. The molecule has 7 N–H and O–H groups in total. The van der Waals surface area contributed by atoms with Crippen LogP contribution in [0.25, 0.3) is 5.41 Å². The van der Waals surface area contributed by atoms with Gasteiger partial charge in [0.1, 0.15) is 24.4 Å². The van der Waals surface area contributed by atoms with Gasteiger partial charge < -0.3 is 50.8 Å².